The van der Waals surface area contributed by atoms with E-state index in [4.69, 9.17) is 14.2 Å². The van der Waals surface area contributed by atoms with Crippen LogP contribution in [-0.2, 0) is 0 Å². The molecule has 0 aliphatic carbocycles. The first-order chi connectivity index (χ1) is 13.1. The van der Waals surface area contributed by atoms with Gasteiger partial charge in [0.25, 0.3) is 5.91 Å². The van der Waals surface area contributed by atoms with Crippen LogP contribution in [0.4, 0.5) is 0 Å². The van der Waals surface area contributed by atoms with Gasteiger partial charge in [0.2, 0.25) is 0 Å². The molecule has 2 rings (SSSR count). The molecular weight excluding hydrogens is 412 g/mol. The van der Waals surface area contributed by atoms with Crippen LogP contribution in [0.3, 0.4) is 0 Å². The molecule has 1 amide bonds. The molecule has 0 atom stereocenters. The largest absolute Gasteiger partial charge is 0.497 e. The molecule has 2 aromatic carbocycles. The number of hydrogen-bond acceptors (Lipinski definition) is 5. The summed E-state index contributed by atoms with van der Waals surface area (Å²) in [4.78, 5) is 12.1. The third-order valence-electron chi connectivity index (χ3n) is 3.51. The van der Waals surface area contributed by atoms with Gasteiger partial charge in [0.1, 0.15) is 5.75 Å². The van der Waals surface area contributed by atoms with Crippen molar-refractivity contribution in [3.63, 3.8) is 0 Å². The molecule has 0 heterocycles. The fourth-order valence-corrected chi connectivity index (χ4v) is 2.82. The molecule has 0 saturated carbocycles. The van der Waals surface area contributed by atoms with Crippen LogP contribution < -0.4 is 19.6 Å². The van der Waals surface area contributed by atoms with Gasteiger partial charge in [-0.2, -0.15) is 5.10 Å². The number of carbonyl (C=O) groups excluding carboxylic acids is 1. The Morgan fingerprint density at radius 1 is 1.19 bits per heavy atom. The minimum Gasteiger partial charge on any atom is -0.497 e. The highest BCUT2D eigenvalue weighted by atomic mass is 79.9. The Morgan fingerprint density at radius 2 is 1.93 bits per heavy atom. The number of halogens is 1. The van der Waals surface area contributed by atoms with Crippen molar-refractivity contribution in [3.8, 4) is 17.2 Å². The van der Waals surface area contributed by atoms with E-state index in [2.05, 4.69) is 26.5 Å². The van der Waals surface area contributed by atoms with Crippen LogP contribution in [0.15, 0.2) is 46.0 Å². The van der Waals surface area contributed by atoms with Gasteiger partial charge in [-0.05, 0) is 71.2 Å². The van der Waals surface area contributed by atoms with E-state index >= 15 is 0 Å². The van der Waals surface area contributed by atoms with E-state index in [1.54, 1.807) is 37.6 Å². The van der Waals surface area contributed by atoms with Crippen molar-refractivity contribution in [2.45, 2.75) is 20.3 Å². The first-order valence-electron chi connectivity index (χ1n) is 8.65. The monoisotopic (exact) mass is 434 g/mol. The Labute approximate surface area is 167 Å². The number of methoxy groups -OCH3 is 1. The number of amides is 1. The molecule has 0 spiro atoms. The van der Waals surface area contributed by atoms with Gasteiger partial charge in [-0.25, -0.2) is 5.43 Å². The molecule has 0 aromatic heterocycles. The number of rotatable bonds is 9. The van der Waals surface area contributed by atoms with Gasteiger partial charge in [0.15, 0.2) is 11.5 Å². The lowest BCUT2D eigenvalue weighted by Crippen LogP contribution is -2.17. The first-order valence-corrected chi connectivity index (χ1v) is 9.44. The highest BCUT2D eigenvalue weighted by Crippen LogP contribution is 2.36. The first kappa shape index (κ1) is 20.8. The zero-order chi connectivity index (χ0) is 19.6. The van der Waals surface area contributed by atoms with Gasteiger partial charge < -0.3 is 14.2 Å². The predicted molar refractivity (Wildman–Crippen MR) is 109 cm³/mol. The maximum atomic E-state index is 12.1. The molecule has 6 nitrogen and oxygen atoms in total. The maximum Gasteiger partial charge on any atom is 0.271 e. The second kappa shape index (κ2) is 10.6. The fourth-order valence-electron chi connectivity index (χ4n) is 2.24. The van der Waals surface area contributed by atoms with E-state index in [0.29, 0.717) is 36.0 Å². The highest BCUT2D eigenvalue weighted by molar-refractivity contribution is 9.10. The van der Waals surface area contributed by atoms with Crippen LogP contribution in [0.5, 0.6) is 17.2 Å². The third-order valence-corrected chi connectivity index (χ3v) is 4.10. The molecule has 27 heavy (non-hydrogen) atoms. The average Bonchev–Trinajstić information content (AvgIpc) is 2.67. The number of carbonyl (C=O) groups is 1. The SMILES string of the molecule is CCCOc1c(Br)cc(/C=N/NC(=O)c2ccc(OC)cc2)cc1OCC. The molecule has 144 valence electrons. The quantitative estimate of drug-likeness (QED) is 0.468. The lowest BCUT2D eigenvalue weighted by molar-refractivity contribution is 0.0955. The lowest BCUT2D eigenvalue weighted by Gasteiger charge is -2.14. The summed E-state index contributed by atoms with van der Waals surface area (Å²) in [6, 6.07) is 10.5. The number of hydrogen-bond donors (Lipinski definition) is 1. The second-order valence-electron chi connectivity index (χ2n) is 5.54. The van der Waals surface area contributed by atoms with Gasteiger partial charge >= 0.3 is 0 Å². The molecule has 1 N–H and O–H groups in total. The average molecular weight is 435 g/mol. The summed E-state index contributed by atoms with van der Waals surface area (Å²) in [7, 11) is 1.58. The van der Waals surface area contributed by atoms with Crippen LogP contribution in [0.25, 0.3) is 0 Å². The standard InChI is InChI=1S/C20H23BrN2O4/c1-4-10-27-19-17(21)11-14(12-18(19)26-5-2)13-22-23-20(24)15-6-8-16(25-3)9-7-15/h6-9,11-13H,4-5,10H2,1-3H3,(H,23,24)/b22-13+. The fraction of sp³-hybridized carbons (Fsp3) is 0.300. The van der Waals surface area contributed by atoms with Crippen molar-refractivity contribution in [2.24, 2.45) is 5.10 Å². The van der Waals surface area contributed by atoms with Gasteiger partial charge in [0.05, 0.1) is 31.0 Å². The molecule has 0 radical (unpaired) electrons. The van der Waals surface area contributed by atoms with Crippen molar-refractivity contribution in [1.29, 1.82) is 0 Å². The zero-order valence-electron chi connectivity index (χ0n) is 15.6. The summed E-state index contributed by atoms with van der Waals surface area (Å²) in [6.45, 7) is 5.07. The Morgan fingerprint density at radius 3 is 2.56 bits per heavy atom. The summed E-state index contributed by atoms with van der Waals surface area (Å²) >= 11 is 3.50. The number of benzene rings is 2. The second-order valence-corrected chi connectivity index (χ2v) is 6.39. The summed E-state index contributed by atoms with van der Waals surface area (Å²) in [5, 5.41) is 4.02. The summed E-state index contributed by atoms with van der Waals surface area (Å²) in [5.41, 5.74) is 3.77. The van der Waals surface area contributed by atoms with E-state index in [0.717, 1.165) is 16.5 Å². The van der Waals surface area contributed by atoms with Crippen molar-refractivity contribution >= 4 is 28.1 Å². The van der Waals surface area contributed by atoms with Crippen LogP contribution in [-0.4, -0.2) is 32.4 Å². The molecule has 0 fully saturated rings. The van der Waals surface area contributed by atoms with Gasteiger partial charge in [0, 0.05) is 5.56 Å². The van der Waals surface area contributed by atoms with E-state index < -0.39 is 0 Å². The zero-order valence-corrected chi connectivity index (χ0v) is 17.2. The van der Waals surface area contributed by atoms with Crippen LogP contribution in [0.2, 0.25) is 0 Å². The Balaban J connectivity index is 2.09. The topological polar surface area (TPSA) is 69.2 Å². The Bertz CT molecular complexity index is 791. The molecule has 7 heteroatoms. The number of nitrogens with zero attached hydrogens (tertiary/aromatic N) is 1. The minimum absolute atomic E-state index is 0.305. The van der Waals surface area contributed by atoms with Crippen LogP contribution in [0, 0.1) is 0 Å². The molecule has 0 aliphatic rings. The molecule has 0 unspecified atom stereocenters. The highest BCUT2D eigenvalue weighted by Gasteiger charge is 2.11. The van der Waals surface area contributed by atoms with E-state index in [1.807, 2.05) is 26.0 Å². The molecule has 0 saturated heterocycles. The summed E-state index contributed by atoms with van der Waals surface area (Å²) < 4.78 is 17.3. The van der Waals surface area contributed by atoms with Crippen molar-refractivity contribution in [3.05, 3.63) is 52.0 Å². The maximum absolute atomic E-state index is 12.1. The summed E-state index contributed by atoms with van der Waals surface area (Å²) in [6.07, 6.45) is 2.46. The Kier molecular flexibility index (Phi) is 8.13. The smallest absolute Gasteiger partial charge is 0.271 e. The predicted octanol–water partition coefficient (Wildman–Crippen LogP) is 4.41. The number of nitrogens with one attached hydrogen (secondary N) is 1. The van der Waals surface area contributed by atoms with Crippen molar-refractivity contribution in [2.75, 3.05) is 20.3 Å². The van der Waals surface area contributed by atoms with Crippen LogP contribution in [0.1, 0.15) is 36.2 Å². The van der Waals surface area contributed by atoms with Gasteiger partial charge in [-0.3, -0.25) is 4.79 Å². The Hall–Kier alpha value is -2.54. The van der Waals surface area contributed by atoms with E-state index in [1.165, 1.54) is 0 Å². The summed E-state index contributed by atoms with van der Waals surface area (Å²) in [5.74, 6) is 1.68. The third kappa shape index (κ3) is 5.99. The van der Waals surface area contributed by atoms with Gasteiger partial charge in [-0.15, -0.1) is 0 Å². The van der Waals surface area contributed by atoms with Crippen LogP contribution >= 0.6 is 15.9 Å². The lowest BCUT2D eigenvalue weighted by atomic mass is 10.2. The normalized spacial score (nSPS) is 10.7. The number of hydrazone groups is 1. The number of ether oxygens (including phenoxy) is 3. The minimum atomic E-state index is -0.305. The van der Waals surface area contributed by atoms with Crippen molar-refractivity contribution in [1.82, 2.24) is 5.43 Å². The van der Waals surface area contributed by atoms with Gasteiger partial charge in [-0.1, -0.05) is 6.92 Å². The molecule has 2 aromatic rings. The molecule has 0 aliphatic heterocycles. The molecule has 0 bridgehead atoms. The molecular formula is C20H23BrN2O4. The van der Waals surface area contributed by atoms with E-state index in [9.17, 15) is 4.79 Å². The van der Waals surface area contributed by atoms with Crippen molar-refractivity contribution < 1.29 is 19.0 Å². The van der Waals surface area contributed by atoms with E-state index in [-0.39, 0.29) is 5.91 Å².